The van der Waals surface area contributed by atoms with Crippen molar-refractivity contribution in [3.05, 3.63) is 42.1 Å². The molecule has 2 atom stereocenters. The monoisotopic (exact) mass is 362 g/mol. The molecule has 6 heteroatoms. The minimum Gasteiger partial charge on any atom is -0.355 e. The van der Waals surface area contributed by atoms with Crippen LogP contribution in [0.2, 0.25) is 0 Å². The molecule has 0 radical (unpaired) electrons. The maximum absolute atomic E-state index is 13.1. The number of pyridine rings is 1. The second-order valence-corrected chi connectivity index (χ2v) is 7.66. The summed E-state index contributed by atoms with van der Waals surface area (Å²) >= 11 is 0. The van der Waals surface area contributed by atoms with Gasteiger partial charge in [0.05, 0.1) is 11.6 Å². The number of fused-ring (bicyclic) bond motifs is 2. The molecular weight excluding hydrogens is 340 g/mol. The molecule has 6 nitrogen and oxygen atoms in total. The molecule has 4 rings (SSSR count). The van der Waals surface area contributed by atoms with Crippen LogP contribution in [0.5, 0.6) is 0 Å². The number of aromatic nitrogens is 1. The Bertz CT molecular complexity index is 935. The highest BCUT2D eigenvalue weighted by Gasteiger charge is 2.50. The third-order valence-corrected chi connectivity index (χ3v) is 6.06. The molecule has 0 bridgehead atoms. The van der Waals surface area contributed by atoms with Crippen molar-refractivity contribution in [2.75, 3.05) is 19.6 Å². The Morgan fingerprint density at radius 2 is 2.26 bits per heavy atom. The van der Waals surface area contributed by atoms with E-state index >= 15 is 0 Å². The van der Waals surface area contributed by atoms with E-state index in [1.807, 2.05) is 41.3 Å². The minimum absolute atomic E-state index is 0.0275. The van der Waals surface area contributed by atoms with E-state index < -0.39 is 0 Å². The molecule has 2 aromatic rings. The van der Waals surface area contributed by atoms with Crippen LogP contribution in [0.1, 0.15) is 36.0 Å². The lowest BCUT2D eigenvalue weighted by atomic mass is 9.80. The van der Waals surface area contributed by atoms with Gasteiger partial charge in [-0.1, -0.05) is 18.6 Å². The Morgan fingerprint density at radius 1 is 1.37 bits per heavy atom. The third-order valence-electron chi connectivity index (χ3n) is 6.06. The smallest absolute Gasteiger partial charge is 0.253 e. The van der Waals surface area contributed by atoms with Crippen LogP contribution in [-0.4, -0.2) is 41.3 Å². The van der Waals surface area contributed by atoms with Gasteiger partial charge >= 0.3 is 0 Å². The molecule has 1 saturated carbocycles. The second-order valence-electron chi connectivity index (χ2n) is 7.66. The number of nitrogens with zero attached hydrogens (tertiary/aromatic N) is 3. The highest BCUT2D eigenvalue weighted by atomic mass is 16.2. The molecule has 27 heavy (non-hydrogen) atoms. The molecular formula is C21H22N4O2. The van der Waals surface area contributed by atoms with Gasteiger partial charge in [-0.25, -0.2) is 0 Å². The van der Waals surface area contributed by atoms with E-state index in [9.17, 15) is 9.59 Å². The van der Waals surface area contributed by atoms with E-state index in [-0.39, 0.29) is 23.7 Å². The molecule has 1 aromatic heterocycles. The molecule has 1 aliphatic heterocycles. The van der Waals surface area contributed by atoms with Crippen molar-refractivity contribution in [2.45, 2.75) is 25.7 Å². The predicted molar refractivity (Wildman–Crippen MR) is 101 cm³/mol. The lowest BCUT2D eigenvalue weighted by Gasteiger charge is -2.29. The highest BCUT2D eigenvalue weighted by molar-refractivity contribution is 5.98. The van der Waals surface area contributed by atoms with E-state index in [2.05, 4.69) is 10.3 Å². The summed E-state index contributed by atoms with van der Waals surface area (Å²) in [6.45, 7) is 1.93. The van der Waals surface area contributed by atoms with Gasteiger partial charge in [0.25, 0.3) is 5.91 Å². The fraction of sp³-hybridized carbons (Fsp3) is 0.429. The number of benzene rings is 1. The van der Waals surface area contributed by atoms with Gasteiger partial charge < -0.3 is 10.2 Å². The number of nitriles is 1. The first-order valence-electron chi connectivity index (χ1n) is 9.39. The van der Waals surface area contributed by atoms with E-state index in [0.717, 1.165) is 36.7 Å². The number of hydrogen-bond donors (Lipinski definition) is 1. The fourth-order valence-corrected chi connectivity index (χ4v) is 4.65. The molecule has 0 unspecified atom stereocenters. The van der Waals surface area contributed by atoms with Crippen LogP contribution >= 0.6 is 0 Å². The molecule has 1 saturated heterocycles. The van der Waals surface area contributed by atoms with Crippen LogP contribution in [0, 0.1) is 22.7 Å². The maximum Gasteiger partial charge on any atom is 0.253 e. The molecule has 1 aliphatic carbocycles. The lowest BCUT2D eigenvalue weighted by molar-refractivity contribution is -0.120. The van der Waals surface area contributed by atoms with Gasteiger partial charge in [0.15, 0.2) is 0 Å². The van der Waals surface area contributed by atoms with Crippen LogP contribution in [0.15, 0.2) is 36.5 Å². The molecule has 2 amide bonds. The van der Waals surface area contributed by atoms with Crippen molar-refractivity contribution in [2.24, 2.45) is 11.3 Å². The quantitative estimate of drug-likeness (QED) is 0.905. The molecule has 1 aromatic carbocycles. The molecule has 2 heterocycles. The number of hydrogen-bond acceptors (Lipinski definition) is 4. The SMILES string of the molecule is N#CCC(=O)NC[C@]12CCC[C@H]1CN(C(=O)c1ccc3cccnc3c1)C2. The summed E-state index contributed by atoms with van der Waals surface area (Å²) in [6.07, 6.45) is 4.83. The largest absolute Gasteiger partial charge is 0.355 e. The molecule has 0 spiro atoms. The van der Waals surface area contributed by atoms with Crippen LogP contribution in [0.4, 0.5) is 0 Å². The van der Waals surface area contributed by atoms with Crippen LogP contribution in [0.3, 0.4) is 0 Å². The second kappa shape index (κ2) is 6.99. The zero-order valence-electron chi connectivity index (χ0n) is 15.1. The Balaban J connectivity index is 1.50. The van der Waals surface area contributed by atoms with Crippen molar-refractivity contribution in [1.82, 2.24) is 15.2 Å². The molecule has 2 aliphatic rings. The Kier molecular flexibility index (Phi) is 4.53. The number of rotatable bonds is 4. The molecule has 1 N–H and O–H groups in total. The molecule has 2 fully saturated rings. The number of likely N-dealkylation sites (tertiary alicyclic amines) is 1. The van der Waals surface area contributed by atoms with Gasteiger partial charge in [0, 0.05) is 42.2 Å². The molecule has 138 valence electrons. The average molecular weight is 362 g/mol. The van der Waals surface area contributed by atoms with Crippen LogP contribution in [-0.2, 0) is 4.79 Å². The number of nitrogens with one attached hydrogen (secondary N) is 1. The summed E-state index contributed by atoms with van der Waals surface area (Å²) in [6, 6.07) is 11.4. The van der Waals surface area contributed by atoms with Gasteiger partial charge in [0.2, 0.25) is 5.91 Å². The van der Waals surface area contributed by atoms with Crippen molar-refractivity contribution in [1.29, 1.82) is 5.26 Å². The standard InChI is InChI=1S/C21H22N4O2/c22-9-7-19(26)24-13-21-8-1-4-17(21)12-25(14-21)20(27)16-6-5-15-3-2-10-23-18(15)11-16/h2-3,5-6,10-11,17H,1,4,7-8,12-14H2,(H,24,26)/t17-,21-/m0/s1. The van der Waals surface area contributed by atoms with Gasteiger partial charge in [0.1, 0.15) is 6.42 Å². The van der Waals surface area contributed by atoms with Crippen molar-refractivity contribution >= 4 is 22.7 Å². The van der Waals surface area contributed by atoms with Crippen molar-refractivity contribution in [3.8, 4) is 6.07 Å². The number of carbonyl (C=O) groups is 2. The van der Waals surface area contributed by atoms with Crippen LogP contribution in [0.25, 0.3) is 10.9 Å². The lowest BCUT2D eigenvalue weighted by Crippen LogP contribution is -2.41. The first-order chi connectivity index (χ1) is 13.1. The average Bonchev–Trinajstić information content (AvgIpc) is 3.23. The summed E-state index contributed by atoms with van der Waals surface area (Å²) in [5.74, 6) is 0.199. The van der Waals surface area contributed by atoms with E-state index in [0.29, 0.717) is 24.6 Å². The number of carbonyl (C=O) groups excluding carboxylic acids is 2. The topological polar surface area (TPSA) is 86.1 Å². The Labute approximate surface area is 158 Å². The summed E-state index contributed by atoms with van der Waals surface area (Å²) in [7, 11) is 0. The van der Waals surface area contributed by atoms with Gasteiger partial charge in [-0.05, 0) is 37.0 Å². The normalized spacial score (nSPS) is 23.8. The minimum atomic E-state index is -0.233. The summed E-state index contributed by atoms with van der Waals surface area (Å²) in [5, 5.41) is 12.6. The zero-order valence-corrected chi connectivity index (χ0v) is 15.1. The fourth-order valence-electron chi connectivity index (χ4n) is 4.65. The first-order valence-corrected chi connectivity index (χ1v) is 9.39. The first kappa shape index (κ1) is 17.5. The van der Waals surface area contributed by atoms with Crippen LogP contribution < -0.4 is 5.32 Å². The third kappa shape index (κ3) is 3.25. The van der Waals surface area contributed by atoms with Crippen molar-refractivity contribution < 1.29 is 9.59 Å². The van der Waals surface area contributed by atoms with Gasteiger partial charge in [-0.3, -0.25) is 14.6 Å². The van der Waals surface area contributed by atoms with Crippen molar-refractivity contribution in [3.63, 3.8) is 0 Å². The summed E-state index contributed by atoms with van der Waals surface area (Å²) < 4.78 is 0. The van der Waals surface area contributed by atoms with Gasteiger partial charge in [-0.15, -0.1) is 0 Å². The van der Waals surface area contributed by atoms with E-state index in [1.54, 1.807) is 6.20 Å². The maximum atomic E-state index is 13.1. The van der Waals surface area contributed by atoms with E-state index in [1.165, 1.54) is 0 Å². The zero-order chi connectivity index (χ0) is 18.9. The highest BCUT2D eigenvalue weighted by Crippen LogP contribution is 2.48. The van der Waals surface area contributed by atoms with E-state index in [4.69, 9.17) is 5.26 Å². The summed E-state index contributed by atoms with van der Waals surface area (Å²) in [4.78, 5) is 31.1. The summed E-state index contributed by atoms with van der Waals surface area (Å²) in [5.41, 5.74) is 1.42. The Hall–Kier alpha value is -2.94. The number of amides is 2. The Morgan fingerprint density at radius 3 is 3.11 bits per heavy atom. The van der Waals surface area contributed by atoms with Gasteiger partial charge in [-0.2, -0.15) is 5.26 Å². The predicted octanol–water partition coefficient (Wildman–Crippen LogP) is 2.51.